The lowest BCUT2D eigenvalue weighted by Crippen LogP contribution is -2.31. The Labute approximate surface area is 200 Å². The molecule has 0 saturated carbocycles. The Bertz CT molecular complexity index is 1320. The van der Waals surface area contributed by atoms with Gasteiger partial charge in [0, 0.05) is 47.9 Å². The first-order valence-corrected chi connectivity index (χ1v) is 10.8. The molecule has 35 heavy (non-hydrogen) atoms. The lowest BCUT2D eigenvalue weighted by Gasteiger charge is -2.13. The minimum absolute atomic E-state index is 0.00794. The van der Waals surface area contributed by atoms with Crippen LogP contribution in [0.25, 0.3) is 0 Å². The number of amides is 3. The largest absolute Gasteiger partial charge is 0.326 e. The molecule has 2 heterocycles. The van der Waals surface area contributed by atoms with Crippen LogP contribution in [-0.4, -0.2) is 44.1 Å². The van der Waals surface area contributed by atoms with Gasteiger partial charge in [0.1, 0.15) is 0 Å². The first-order chi connectivity index (χ1) is 16.7. The van der Waals surface area contributed by atoms with Crippen molar-refractivity contribution in [1.82, 2.24) is 14.9 Å². The Morgan fingerprint density at radius 3 is 2.23 bits per heavy atom. The maximum absolute atomic E-state index is 12.5. The lowest BCUT2D eigenvalue weighted by molar-refractivity contribution is -0.384. The van der Waals surface area contributed by atoms with Crippen molar-refractivity contribution in [3.05, 3.63) is 81.2 Å². The van der Waals surface area contributed by atoms with Gasteiger partial charge in [-0.05, 0) is 56.7 Å². The van der Waals surface area contributed by atoms with Gasteiger partial charge in [-0.1, -0.05) is 0 Å². The zero-order valence-electron chi connectivity index (χ0n) is 19.1. The van der Waals surface area contributed by atoms with E-state index in [1.165, 1.54) is 12.1 Å². The quantitative estimate of drug-likeness (QED) is 0.285. The monoisotopic (exact) mass is 474 g/mol. The number of fused-ring (bicyclic) bond motifs is 1. The average Bonchev–Trinajstić information content (AvgIpc) is 3.04. The summed E-state index contributed by atoms with van der Waals surface area (Å²) in [6, 6.07) is 12.5. The average molecular weight is 474 g/mol. The molecule has 11 heteroatoms. The Morgan fingerprint density at radius 1 is 0.943 bits per heavy atom. The van der Waals surface area contributed by atoms with Gasteiger partial charge in [-0.2, -0.15) is 0 Å². The van der Waals surface area contributed by atoms with Crippen LogP contribution in [0.2, 0.25) is 0 Å². The number of aryl methyl sites for hydroxylation is 2. The summed E-state index contributed by atoms with van der Waals surface area (Å²) >= 11 is 0. The van der Waals surface area contributed by atoms with Gasteiger partial charge in [-0.3, -0.25) is 29.4 Å². The zero-order chi connectivity index (χ0) is 25.1. The molecule has 0 fully saturated rings. The van der Waals surface area contributed by atoms with Gasteiger partial charge in [0.05, 0.1) is 16.1 Å². The van der Waals surface area contributed by atoms with Gasteiger partial charge in [0.2, 0.25) is 11.9 Å². The fourth-order valence-electron chi connectivity index (χ4n) is 3.76. The van der Waals surface area contributed by atoms with E-state index in [2.05, 4.69) is 20.6 Å². The predicted octanol–water partition coefficient (Wildman–Crippen LogP) is 3.76. The van der Waals surface area contributed by atoms with Crippen molar-refractivity contribution in [2.45, 2.75) is 26.7 Å². The number of nitro groups is 1. The third kappa shape index (κ3) is 5.29. The summed E-state index contributed by atoms with van der Waals surface area (Å²) in [5.41, 5.74) is 2.94. The fourth-order valence-corrected chi connectivity index (χ4v) is 3.76. The zero-order valence-corrected chi connectivity index (χ0v) is 19.1. The van der Waals surface area contributed by atoms with Crippen molar-refractivity contribution >= 4 is 40.7 Å². The second-order valence-electron chi connectivity index (χ2n) is 8.08. The van der Waals surface area contributed by atoms with Crippen LogP contribution in [0.4, 0.5) is 23.0 Å². The maximum Gasteiger partial charge on any atom is 0.270 e. The molecule has 178 valence electrons. The van der Waals surface area contributed by atoms with E-state index < -0.39 is 16.7 Å². The van der Waals surface area contributed by atoms with Crippen LogP contribution in [0.5, 0.6) is 0 Å². The number of anilines is 3. The summed E-state index contributed by atoms with van der Waals surface area (Å²) < 4.78 is 0. The minimum atomic E-state index is -0.620. The molecule has 11 nitrogen and oxygen atoms in total. The van der Waals surface area contributed by atoms with Crippen LogP contribution in [0.1, 0.15) is 44.9 Å². The van der Waals surface area contributed by atoms with Crippen LogP contribution in [0.3, 0.4) is 0 Å². The van der Waals surface area contributed by atoms with Crippen molar-refractivity contribution in [1.29, 1.82) is 0 Å². The number of aromatic nitrogens is 2. The highest BCUT2D eigenvalue weighted by atomic mass is 16.6. The highest BCUT2D eigenvalue weighted by Gasteiger charge is 2.36. The van der Waals surface area contributed by atoms with Gasteiger partial charge in [-0.25, -0.2) is 9.97 Å². The maximum atomic E-state index is 12.5. The Balaban J connectivity index is 1.28. The van der Waals surface area contributed by atoms with Crippen molar-refractivity contribution in [3.63, 3.8) is 0 Å². The van der Waals surface area contributed by atoms with Crippen LogP contribution < -0.4 is 10.6 Å². The molecule has 1 aromatic heterocycles. The van der Waals surface area contributed by atoms with Crippen molar-refractivity contribution in [3.8, 4) is 0 Å². The molecule has 0 aliphatic carbocycles. The number of nitrogens with zero attached hydrogens (tertiary/aromatic N) is 4. The molecule has 0 atom stereocenters. The number of carbonyl (C=O) groups is 3. The first kappa shape index (κ1) is 23.5. The molecule has 0 saturated heterocycles. The number of nitrogens with one attached hydrogen (secondary N) is 2. The smallest absolute Gasteiger partial charge is 0.270 e. The molecule has 0 radical (unpaired) electrons. The van der Waals surface area contributed by atoms with Crippen LogP contribution in [0, 0.1) is 24.0 Å². The van der Waals surface area contributed by atoms with E-state index in [9.17, 15) is 24.5 Å². The molecule has 2 N–H and O–H groups in total. The number of nitro benzene ring substituents is 1. The number of imide groups is 1. The normalized spacial score (nSPS) is 12.5. The van der Waals surface area contributed by atoms with E-state index in [0.717, 1.165) is 28.0 Å². The SMILES string of the molecule is Cc1cc(C)nc(Nc2ccc(NC(=O)CCCN3C(=O)c4ccc([N+](=O)[O-])cc4C3=O)cc2)n1. The Hall–Kier alpha value is -4.67. The topological polar surface area (TPSA) is 147 Å². The summed E-state index contributed by atoms with van der Waals surface area (Å²) in [6.07, 6.45) is 0.340. The van der Waals surface area contributed by atoms with Gasteiger partial charge < -0.3 is 10.6 Å². The van der Waals surface area contributed by atoms with Crippen molar-refractivity contribution in [2.75, 3.05) is 17.2 Å². The molecule has 3 aromatic rings. The molecule has 2 aromatic carbocycles. The van der Waals surface area contributed by atoms with Crippen LogP contribution in [0.15, 0.2) is 48.5 Å². The van der Waals surface area contributed by atoms with E-state index in [4.69, 9.17) is 0 Å². The number of hydrogen-bond acceptors (Lipinski definition) is 8. The second kappa shape index (κ2) is 9.67. The number of rotatable bonds is 8. The molecule has 0 unspecified atom stereocenters. The Kier molecular flexibility index (Phi) is 6.49. The van der Waals surface area contributed by atoms with Gasteiger partial charge in [-0.15, -0.1) is 0 Å². The summed E-state index contributed by atoms with van der Waals surface area (Å²) in [6.45, 7) is 3.81. The Morgan fingerprint density at radius 2 is 1.57 bits per heavy atom. The summed E-state index contributed by atoms with van der Waals surface area (Å²) in [4.78, 5) is 57.3. The standard InChI is InChI=1S/C24H22N6O5/c1-14-12-15(2)26-24(25-14)28-17-7-5-16(6-8-17)27-21(31)4-3-11-29-22(32)19-10-9-18(30(34)35)13-20(19)23(29)33/h5-10,12-13H,3-4,11H2,1-2H3,(H,27,31)(H,25,26,28). The van der Waals surface area contributed by atoms with E-state index in [1.807, 2.05) is 19.9 Å². The van der Waals surface area contributed by atoms with Gasteiger partial charge >= 0.3 is 0 Å². The van der Waals surface area contributed by atoms with Crippen molar-refractivity contribution in [2.24, 2.45) is 0 Å². The third-order valence-corrected chi connectivity index (χ3v) is 5.36. The van der Waals surface area contributed by atoms with E-state index in [1.54, 1.807) is 24.3 Å². The number of non-ortho nitro benzene ring substituents is 1. The molecule has 1 aliphatic heterocycles. The predicted molar refractivity (Wildman–Crippen MR) is 128 cm³/mol. The summed E-state index contributed by atoms with van der Waals surface area (Å²) in [5.74, 6) is -0.890. The van der Waals surface area contributed by atoms with Crippen LogP contribution >= 0.6 is 0 Å². The number of carbonyl (C=O) groups excluding carboxylic acids is 3. The molecule has 4 rings (SSSR count). The molecule has 3 amide bonds. The van der Waals surface area contributed by atoms with Crippen molar-refractivity contribution < 1.29 is 19.3 Å². The molecule has 1 aliphatic rings. The summed E-state index contributed by atoms with van der Waals surface area (Å²) in [7, 11) is 0. The number of benzene rings is 2. The fraction of sp³-hybridized carbons (Fsp3) is 0.208. The van der Waals surface area contributed by atoms with Gasteiger partial charge in [0.25, 0.3) is 17.5 Å². The third-order valence-electron chi connectivity index (χ3n) is 5.36. The molecular weight excluding hydrogens is 452 g/mol. The molecule has 0 spiro atoms. The highest BCUT2D eigenvalue weighted by Crippen LogP contribution is 2.27. The van der Waals surface area contributed by atoms with Crippen LogP contribution in [-0.2, 0) is 4.79 Å². The highest BCUT2D eigenvalue weighted by molar-refractivity contribution is 6.21. The van der Waals surface area contributed by atoms with E-state index >= 15 is 0 Å². The second-order valence-corrected chi connectivity index (χ2v) is 8.08. The van der Waals surface area contributed by atoms with E-state index in [-0.39, 0.29) is 42.1 Å². The molecular formula is C24H22N6O5. The lowest BCUT2D eigenvalue weighted by atomic mass is 10.1. The molecule has 0 bridgehead atoms. The summed E-state index contributed by atoms with van der Waals surface area (Å²) in [5, 5.41) is 16.8. The van der Waals surface area contributed by atoms with Gasteiger partial charge in [0.15, 0.2) is 0 Å². The first-order valence-electron chi connectivity index (χ1n) is 10.8. The number of hydrogen-bond donors (Lipinski definition) is 2. The van der Waals surface area contributed by atoms with E-state index in [0.29, 0.717) is 11.6 Å². The minimum Gasteiger partial charge on any atom is -0.326 e.